The Morgan fingerprint density at radius 1 is 0.765 bits per heavy atom. The lowest BCUT2D eigenvalue weighted by atomic mass is 10.1. The molecule has 5 rings (SSSR count). The molecule has 0 unspecified atom stereocenters. The average molecular weight is 460 g/mol. The van der Waals surface area contributed by atoms with Crippen LogP contribution in [-0.2, 0) is 6.54 Å². The van der Waals surface area contributed by atoms with E-state index in [1.165, 1.54) is 24.3 Å². The summed E-state index contributed by atoms with van der Waals surface area (Å²) in [5.41, 5.74) is 1.78. The van der Waals surface area contributed by atoms with Gasteiger partial charge in [-0.05, 0) is 48.5 Å². The molecule has 4 aromatic rings. The highest BCUT2D eigenvalue weighted by atomic mass is 16.3. The normalized spacial score (nSPS) is 14.5. The zero-order valence-corrected chi connectivity index (χ0v) is 18.3. The average Bonchev–Trinajstić information content (AvgIpc) is 2.82. The Bertz CT molecular complexity index is 1390. The number of aromatic hydroxyl groups is 4. The molecule has 1 aromatic heterocycles. The van der Waals surface area contributed by atoms with Crippen molar-refractivity contribution >= 4 is 16.7 Å². The van der Waals surface area contributed by atoms with Crippen LogP contribution in [0.4, 0.5) is 5.69 Å². The van der Waals surface area contributed by atoms with Crippen LogP contribution in [0.3, 0.4) is 0 Å². The predicted molar refractivity (Wildman–Crippen MR) is 129 cm³/mol. The van der Waals surface area contributed by atoms with E-state index in [1.54, 1.807) is 24.3 Å². The third kappa shape index (κ3) is 4.11. The van der Waals surface area contributed by atoms with Gasteiger partial charge in [0.1, 0.15) is 34.1 Å². The number of benzene rings is 3. The van der Waals surface area contributed by atoms with Gasteiger partial charge in [0.05, 0.1) is 5.56 Å². The number of anilines is 1. The molecular weight excluding hydrogens is 436 g/mol. The van der Waals surface area contributed by atoms with Gasteiger partial charge < -0.3 is 29.7 Å². The van der Waals surface area contributed by atoms with Gasteiger partial charge in [-0.25, -0.2) is 0 Å². The molecule has 2 heterocycles. The second-order valence-electron chi connectivity index (χ2n) is 8.40. The summed E-state index contributed by atoms with van der Waals surface area (Å²) in [5, 5.41) is 40.1. The van der Waals surface area contributed by atoms with Gasteiger partial charge in [-0.15, -0.1) is 0 Å². The van der Waals surface area contributed by atoms with E-state index in [9.17, 15) is 25.2 Å². The van der Waals surface area contributed by atoms with E-state index in [2.05, 4.69) is 9.80 Å². The molecule has 0 radical (unpaired) electrons. The van der Waals surface area contributed by atoms with Gasteiger partial charge in [-0.1, -0.05) is 0 Å². The summed E-state index contributed by atoms with van der Waals surface area (Å²) < 4.78 is 6.04. The van der Waals surface area contributed by atoms with Gasteiger partial charge in [0, 0.05) is 56.1 Å². The van der Waals surface area contributed by atoms with Crippen molar-refractivity contribution in [2.75, 3.05) is 31.1 Å². The fourth-order valence-corrected chi connectivity index (χ4v) is 4.33. The number of rotatable bonds is 4. The minimum atomic E-state index is -0.416. The van der Waals surface area contributed by atoms with E-state index >= 15 is 0 Å². The Labute approximate surface area is 195 Å². The summed E-state index contributed by atoms with van der Waals surface area (Å²) in [6.07, 6.45) is 0. The number of hydrogen-bond acceptors (Lipinski definition) is 8. The van der Waals surface area contributed by atoms with E-state index in [-0.39, 0.29) is 39.7 Å². The molecule has 0 bridgehead atoms. The first-order valence-corrected chi connectivity index (χ1v) is 11.0. The number of phenols is 4. The number of phenolic OH excluding ortho intramolecular Hbond substituents is 4. The molecule has 8 heteroatoms. The monoisotopic (exact) mass is 460 g/mol. The minimum absolute atomic E-state index is 0.0260. The number of fused-ring (bicyclic) bond motifs is 1. The van der Waals surface area contributed by atoms with Crippen molar-refractivity contribution in [3.8, 4) is 34.3 Å². The van der Waals surface area contributed by atoms with Crippen LogP contribution in [0.15, 0.2) is 69.9 Å². The van der Waals surface area contributed by atoms with Crippen molar-refractivity contribution in [1.82, 2.24) is 4.90 Å². The fourth-order valence-electron chi connectivity index (χ4n) is 4.33. The van der Waals surface area contributed by atoms with Crippen molar-refractivity contribution in [1.29, 1.82) is 0 Å². The standard InChI is InChI=1S/C26H24N2O6/c29-18-5-1-16(2-6-18)24-14-23(33)25-22(32)13-21(31)20(26(25)34-24)15-27-9-11-28(12-10-27)17-3-7-19(30)8-4-17/h1-8,13-14,29-32H,9-12,15H2. The summed E-state index contributed by atoms with van der Waals surface area (Å²) in [5.74, 6) is 0.122. The lowest BCUT2D eigenvalue weighted by Crippen LogP contribution is -2.46. The highest BCUT2D eigenvalue weighted by molar-refractivity contribution is 5.89. The van der Waals surface area contributed by atoms with E-state index in [0.717, 1.165) is 18.8 Å². The Morgan fingerprint density at radius 3 is 2.03 bits per heavy atom. The van der Waals surface area contributed by atoms with Crippen LogP contribution in [0.25, 0.3) is 22.3 Å². The van der Waals surface area contributed by atoms with Crippen molar-refractivity contribution in [3.63, 3.8) is 0 Å². The summed E-state index contributed by atoms with van der Waals surface area (Å²) >= 11 is 0. The molecule has 1 aliphatic heterocycles. The van der Waals surface area contributed by atoms with Gasteiger partial charge in [0.25, 0.3) is 0 Å². The van der Waals surface area contributed by atoms with Crippen LogP contribution in [-0.4, -0.2) is 51.5 Å². The molecule has 0 atom stereocenters. The third-order valence-corrected chi connectivity index (χ3v) is 6.18. The largest absolute Gasteiger partial charge is 0.508 e. The lowest BCUT2D eigenvalue weighted by Gasteiger charge is -2.36. The van der Waals surface area contributed by atoms with Gasteiger partial charge >= 0.3 is 0 Å². The molecule has 1 aliphatic rings. The van der Waals surface area contributed by atoms with Crippen LogP contribution in [0.2, 0.25) is 0 Å². The third-order valence-electron chi connectivity index (χ3n) is 6.18. The van der Waals surface area contributed by atoms with Gasteiger partial charge in [-0.3, -0.25) is 9.69 Å². The lowest BCUT2D eigenvalue weighted by molar-refractivity contribution is 0.246. The second kappa shape index (κ2) is 8.64. The van der Waals surface area contributed by atoms with Crippen LogP contribution in [0.1, 0.15) is 5.56 Å². The van der Waals surface area contributed by atoms with Gasteiger partial charge in [0.2, 0.25) is 0 Å². The molecule has 1 saturated heterocycles. The van der Waals surface area contributed by atoms with Gasteiger partial charge in [0.15, 0.2) is 11.0 Å². The SMILES string of the molecule is O=c1cc(-c2ccc(O)cc2)oc2c(CN3CCN(c4ccc(O)cc4)CC3)c(O)cc(O)c12. The number of nitrogens with zero attached hydrogens (tertiary/aromatic N) is 2. The maximum Gasteiger partial charge on any atom is 0.197 e. The van der Waals surface area contributed by atoms with Crippen LogP contribution >= 0.6 is 0 Å². The van der Waals surface area contributed by atoms with Crippen LogP contribution in [0, 0.1) is 0 Å². The summed E-state index contributed by atoms with van der Waals surface area (Å²) in [4.78, 5) is 17.2. The number of piperazine rings is 1. The molecule has 3 aromatic carbocycles. The zero-order chi connectivity index (χ0) is 23.8. The number of hydrogen-bond donors (Lipinski definition) is 4. The molecule has 0 amide bonds. The molecule has 0 aliphatic carbocycles. The molecule has 8 nitrogen and oxygen atoms in total. The molecule has 174 valence electrons. The Morgan fingerprint density at radius 2 is 1.38 bits per heavy atom. The van der Waals surface area contributed by atoms with E-state index < -0.39 is 5.43 Å². The van der Waals surface area contributed by atoms with E-state index in [1.807, 2.05) is 12.1 Å². The van der Waals surface area contributed by atoms with Crippen molar-refractivity contribution < 1.29 is 24.8 Å². The molecule has 0 saturated carbocycles. The Kier molecular flexibility index (Phi) is 5.51. The quantitative estimate of drug-likeness (QED) is 0.365. The first kappa shape index (κ1) is 21.7. The van der Waals surface area contributed by atoms with E-state index in [0.29, 0.717) is 30.8 Å². The van der Waals surface area contributed by atoms with E-state index in [4.69, 9.17) is 4.42 Å². The molecule has 0 spiro atoms. The molecule has 34 heavy (non-hydrogen) atoms. The minimum Gasteiger partial charge on any atom is -0.508 e. The van der Waals surface area contributed by atoms with Crippen LogP contribution < -0.4 is 10.3 Å². The maximum atomic E-state index is 12.9. The molecule has 4 N–H and O–H groups in total. The van der Waals surface area contributed by atoms with Crippen molar-refractivity contribution in [2.24, 2.45) is 0 Å². The van der Waals surface area contributed by atoms with Gasteiger partial charge in [-0.2, -0.15) is 0 Å². The highest BCUT2D eigenvalue weighted by Crippen LogP contribution is 2.36. The zero-order valence-electron chi connectivity index (χ0n) is 18.3. The predicted octanol–water partition coefficient (Wildman–Crippen LogP) is 3.60. The summed E-state index contributed by atoms with van der Waals surface area (Å²) in [7, 11) is 0. The first-order valence-electron chi connectivity index (χ1n) is 11.0. The fraction of sp³-hybridized carbons (Fsp3) is 0.192. The maximum absolute atomic E-state index is 12.9. The van der Waals surface area contributed by atoms with Crippen LogP contribution in [0.5, 0.6) is 23.0 Å². The highest BCUT2D eigenvalue weighted by Gasteiger charge is 2.23. The Balaban J connectivity index is 1.45. The summed E-state index contributed by atoms with van der Waals surface area (Å²) in [6, 6.07) is 15.8. The topological polar surface area (TPSA) is 118 Å². The van der Waals surface area contributed by atoms with Crippen molar-refractivity contribution in [2.45, 2.75) is 6.54 Å². The first-order chi connectivity index (χ1) is 16.4. The molecular formula is C26H24N2O6. The van der Waals surface area contributed by atoms with Crippen molar-refractivity contribution in [3.05, 3.63) is 76.5 Å². The molecule has 1 fully saturated rings. The smallest absolute Gasteiger partial charge is 0.197 e. The summed E-state index contributed by atoms with van der Waals surface area (Å²) in [6.45, 7) is 3.28. The second-order valence-corrected chi connectivity index (χ2v) is 8.40. The Hall–Kier alpha value is -4.17.